The zero-order valence-electron chi connectivity index (χ0n) is 17.9. The van der Waals surface area contributed by atoms with E-state index in [1.807, 2.05) is 48.7 Å². The van der Waals surface area contributed by atoms with Gasteiger partial charge in [-0.15, -0.1) is 0 Å². The van der Waals surface area contributed by atoms with Crippen LogP contribution in [0.15, 0.2) is 35.9 Å². The van der Waals surface area contributed by atoms with E-state index in [2.05, 4.69) is 11.4 Å². The number of hydrogen-bond donors (Lipinski definition) is 1. The van der Waals surface area contributed by atoms with Crippen LogP contribution in [0.3, 0.4) is 0 Å². The molecule has 3 rings (SSSR count). The lowest BCUT2D eigenvalue weighted by molar-refractivity contribution is -0.144. The number of carbonyl (C=O) groups is 2. The van der Waals surface area contributed by atoms with Gasteiger partial charge < -0.3 is 14.6 Å². The first-order chi connectivity index (χ1) is 15.3. The molecule has 1 heterocycles. The summed E-state index contributed by atoms with van der Waals surface area (Å²) < 4.78 is 7.00. The van der Waals surface area contributed by atoms with E-state index in [-0.39, 0.29) is 5.57 Å². The lowest BCUT2D eigenvalue weighted by Gasteiger charge is -2.21. The van der Waals surface area contributed by atoms with E-state index in [9.17, 15) is 20.1 Å². The number of nitriles is 2. The minimum Gasteiger partial charge on any atom is -0.451 e. The van der Waals surface area contributed by atoms with Gasteiger partial charge in [0.15, 0.2) is 6.61 Å². The van der Waals surface area contributed by atoms with E-state index in [1.54, 1.807) is 6.07 Å². The molecule has 0 spiro atoms. The number of benzene rings is 1. The van der Waals surface area contributed by atoms with Crippen LogP contribution < -0.4 is 5.32 Å². The molecule has 1 aliphatic carbocycles. The number of esters is 1. The summed E-state index contributed by atoms with van der Waals surface area (Å²) in [5, 5.41) is 22.1. The Morgan fingerprint density at radius 1 is 1.25 bits per heavy atom. The zero-order valence-corrected chi connectivity index (χ0v) is 18.7. The molecule has 0 unspecified atom stereocenters. The summed E-state index contributed by atoms with van der Waals surface area (Å²) in [6, 6.07) is 13.2. The topological polar surface area (TPSA) is 108 Å². The van der Waals surface area contributed by atoms with E-state index < -0.39 is 24.0 Å². The Labute approximate surface area is 191 Å². The van der Waals surface area contributed by atoms with E-state index >= 15 is 0 Å². The predicted molar refractivity (Wildman–Crippen MR) is 120 cm³/mol. The van der Waals surface area contributed by atoms with Crippen LogP contribution in [-0.4, -0.2) is 28.6 Å². The second-order valence-electron chi connectivity index (χ2n) is 7.84. The van der Waals surface area contributed by atoms with Gasteiger partial charge in [-0.05, 0) is 75.4 Å². The highest BCUT2D eigenvalue weighted by molar-refractivity contribution is 6.30. The van der Waals surface area contributed by atoms with Gasteiger partial charge in [-0.3, -0.25) is 4.79 Å². The van der Waals surface area contributed by atoms with Crippen molar-refractivity contribution in [3.05, 3.63) is 57.9 Å². The first kappa shape index (κ1) is 23.1. The van der Waals surface area contributed by atoms with Crippen LogP contribution in [0.2, 0.25) is 5.02 Å². The van der Waals surface area contributed by atoms with Gasteiger partial charge in [0, 0.05) is 22.1 Å². The maximum Gasteiger partial charge on any atom is 0.349 e. The molecule has 1 aromatic heterocycles. The van der Waals surface area contributed by atoms with E-state index in [4.69, 9.17) is 16.3 Å². The fourth-order valence-corrected chi connectivity index (χ4v) is 4.18. The van der Waals surface area contributed by atoms with Gasteiger partial charge in [0.2, 0.25) is 0 Å². The zero-order chi connectivity index (χ0) is 23.3. The first-order valence-electron chi connectivity index (χ1n) is 10.2. The van der Waals surface area contributed by atoms with E-state index in [0.717, 1.165) is 29.9 Å². The molecule has 32 heavy (non-hydrogen) atoms. The molecule has 8 heteroatoms. The molecule has 0 atom stereocenters. The van der Waals surface area contributed by atoms with Crippen LogP contribution in [0.1, 0.15) is 42.6 Å². The molecule has 0 radical (unpaired) electrons. The number of nitrogens with zero attached hydrogens (tertiary/aromatic N) is 3. The highest BCUT2D eigenvalue weighted by Crippen LogP contribution is 2.29. The van der Waals surface area contributed by atoms with Crippen molar-refractivity contribution in [2.75, 3.05) is 6.61 Å². The molecule has 1 saturated carbocycles. The average Bonchev–Trinajstić information content (AvgIpc) is 3.34. The number of ether oxygens (including phenoxy) is 1. The lowest BCUT2D eigenvalue weighted by atomic mass is 10.00. The standard InChI is InChI=1S/C24H23ClN4O3/c1-16-10-18(17(2)29(16)21-7-5-6-20(25)12-21)11-19(13-26)23(31)32-14-22(30)28-24(15-27)8-3-4-9-24/h5-7,10-12H,3-4,8-9,14H2,1-2H3,(H,28,30)/b19-11+. The molecular formula is C24H23ClN4O3. The van der Waals surface area contributed by atoms with Crippen LogP contribution in [0.4, 0.5) is 0 Å². The molecule has 1 N–H and O–H groups in total. The van der Waals surface area contributed by atoms with Crippen molar-refractivity contribution in [3.63, 3.8) is 0 Å². The van der Waals surface area contributed by atoms with Gasteiger partial charge in [-0.2, -0.15) is 10.5 Å². The van der Waals surface area contributed by atoms with Crippen LogP contribution in [0.25, 0.3) is 11.8 Å². The van der Waals surface area contributed by atoms with Gasteiger partial charge >= 0.3 is 5.97 Å². The fourth-order valence-electron chi connectivity index (χ4n) is 3.99. The third kappa shape index (κ3) is 5.01. The monoisotopic (exact) mass is 450 g/mol. The molecule has 1 fully saturated rings. The molecule has 2 aromatic rings. The largest absolute Gasteiger partial charge is 0.451 e. The van der Waals surface area contributed by atoms with E-state index in [0.29, 0.717) is 23.4 Å². The molecule has 0 bridgehead atoms. The Hall–Kier alpha value is -3.55. The predicted octanol–water partition coefficient (Wildman–Crippen LogP) is 4.15. The second-order valence-corrected chi connectivity index (χ2v) is 8.27. The minimum absolute atomic E-state index is 0.222. The van der Waals surface area contributed by atoms with Crippen molar-refractivity contribution >= 4 is 29.6 Å². The van der Waals surface area contributed by atoms with Crippen molar-refractivity contribution < 1.29 is 14.3 Å². The number of aryl methyl sites for hydroxylation is 1. The van der Waals surface area contributed by atoms with Gasteiger partial charge in [0.25, 0.3) is 5.91 Å². The Morgan fingerprint density at radius 3 is 2.59 bits per heavy atom. The summed E-state index contributed by atoms with van der Waals surface area (Å²) in [7, 11) is 0. The van der Waals surface area contributed by atoms with Gasteiger partial charge in [0.05, 0.1) is 6.07 Å². The van der Waals surface area contributed by atoms with Gasteiger partial charge in [0.1, 0.15) is 17.2 Å². The number of nitrogens with one attached hydrogen (secondary N) is 1. The highest BCUT2D eigenvalue weighted by atomic mass is 35.5. The summed E-state index contributed by atoms with van der Waals surface area (Å²) in [4.78, 5) is 24.6. The summed E-state index contributed by atoms with van der Waals surface area (Å²) in [5.41, 5.74) is 2.15. The Balaban J connectivity index is 1.73. The minimum atomic E-state index is -0.896. The van der Waals surface area contributed by atoms with Crippen molar-refractivity contribution in [1.29, 1.82) is 10.5 Å². The van der Waals surface area contributed by atoms with Crippen LogP contribution in [-0.2, 0) is 14.3 Å². The quantitative estimate of drug-likeness (QED) is 0.404. The summed E-state index contributed by atoms with van der Waals surface area (Å²) in [5.74, 6) is -1.45. The SMILES string of the molecule is Cc1cc(/C=C(\C#N)C(=O)OCC(=O)NC2(C#N)CCCC2)c(C)n1-c1cccc(Cl)c1. The lowest BCUT2D eigenvalue weighted by Crippen LogP contribution is -2.46. The number of carbonyl (C=O) groups excluding carboxylic acids is 2. The third-order valence-electron chi connectivity index (χ3n) is 5.56. The van der Waals surface area contributed by atoms with Crippen molar-refractivity contribution in [3.8, 4) is 17.8 Å². The maximum absolute atomic E-state index is 12.4. The van der Waals surface area contributed by atoms with E-state index in [1.165, 1.54) is 6.08 Å². The van der Waals surface area contributed by atoms with Gasteiger partial charge in [-0.25, -0.2) is 4.79 Å². The van der Waals surface area contributed by atoms with Crippen molar-refractivity contribution in [2.45, 2.75) is 45.1 Å². The van der Waals surface area contributed by atoms with Crippen molar-refractivity contribution in [2.24, 2.45) is 0 Å². The number of hydrogen-bond acceptors (Lipinski definition) is 5. The Kier molecular flexibility index (Phi) is 7.02. The molecular weight excluding hydrogens is 428 g/mol. The van der Waals surface area contributed by atoms with Crippen LogP contribution >= 0.6 is 11.6 Å². The maximum atomic E-state index is 12.4. The molecule has 0 aliphatic heterocycles. The number of halogens is 1. The molecule has 1 amide bonds. The fraction of sp³-hybridized carbons (Fsp3) is 0.333. The molecule has 1 aromatic carbocycles. The average molecular weight is 451 g/mol. The normalized spacial score (nSPS) is 15.0. The van der Waals surface area contributed by atoms with Crippen molar-refractivity contribution in [1.82, 2.24) is 9.88 Å². The first-order valence-corrected chi connectivity index (χ1v) is 10.6. The van der Waals surface area contributed by atoms with Crippen LogP contribution in [0.5, 0.6) is 0 Å². The Morgan fingerprint density at radius 2 is 1.97 bits per heavy atom. The third-order valence-corrected chi connectivity index (χ3v) is 5.80. The summed E-state index contributed by atoms with van der Waals surface area (Å²) in [6.45, 7) is 3.23. The molecule has 164 valence electrons. The second kappa shape index (κ2) is 9.72. The molecule has 7 nitrogen and oxygen atoms in total. The van der Waals surface area contributed by atoms with Crippen LogP contribution in [0, 0.1) is 36.5 Å². The Bertz CT molecular complexity index is 1160. The van der Waals surface area contributed by atoms with Gasteiger partial charge in [-0.1, -0.05) is 17.7 Å². The highest BCUT2D eigenvalue weighted by Gasteiger charge is 2.35. The number of amides is 1. The summed E-state index contributed by atoms with van der Waals surface area (Å²) >= 11 is 6.11. The molecule has 1 aliphatic rings. The number of rotatable bonds is 6. The summed E-state index contributed by atoms with van der Waals surface area (Å²) in [6.07, 6.45) is 4.33. The smallest absolute Gasteiger partial charge is 0.349 e. The molecule has 0 saturated heterocycles. The number of aromatic nitrogens is 1.